The van der Waals surface area contributed by atoms with Gasteiger partial charge in [-0.3, -0.25) is 10.1 Å². The van der Waals surface area contributed by atoms with Gasteiger partial charge in [0.2, 0.25) is 0 Å². The first-order valence-electron chi connectivity index (χ1n) is 9.27. The molecule has 0 amide bonds. The second-order valence-corrected chi connectivity index (χ2v) is 8.93. The number of nitrogens with one attached hydrogen (secondary N) is 1. The number of aromatic amines is 1. The van der Waals surface area contributed by atoms with Gasteiger partial charge in [-0.1, -0.05) is 24.3 Å². The van der Waals surface area contributed by atoms with Crippen molar-refractivity contribution in [3.8, 4) is 33.6 Å². The maximum atomic E-state index is 14.6. The number of H-pyrrole nitrogens is 1. The number of rotatable bonds is 4. The van der Waals surface area contributed by atoms with Crippen molar-refractivity contribution in [1.29, 1.82) is 0 Å². The monoisotopic (exact) mass is 461 g/mol. The number of aromatic nitrogens is 3. The van der Waals surface area contributed by atoms with E-state index in [4.69, 9.17) is 0 Å². The molecule has 0 aliphatic rings. The third-order valence-corrected chi connectivity index (χ3v) is 6.34. The topological polar surface area (TPSA) is 75.7 Å². The Bertz CT molecular complexity index is 1400. The van der Waals surface area contributed by atoms with E-state index in [1.807, 2.05) is 19.1 Å². The SMILES string of the molecule is Cc1cccc(-c2[nH]ncc2-c2ccc(F)c(-c3ccc(S(=O)(=O)C(F)(F)F)cc3)c2)n1. The molecule has 164 valence electrons. The zero-order valence-electron chi connectivity index (χ0n) is 16.5. The molecule has 4 rings (SSSR count). The van der Waals surface area contributed by atoms with Crippen LogP contribution in [-0.2, 0) is 9.84 Å². The van der Waals surface area contributed by atoms with E-state index >= 15 is 0 Å². The van der Waals surface area contributed by atoms with Gasteiger partial charge in [0.15, 0.2) is 0 Å². The van der Waals surface area contributed by atoms with Gasteiger partial charge in [0.05, 0.1) is 22.5 Å². The van der Waals surface area contributed by atoms with E-state index in [1.165, 1.54) is 12.1 Å². The van der Waals surface area contributed by atoms with Crippen molar-refractivity contribution in [3.05, 3.63) is 78.4 Å². The highest BCUT2D eigenvalue weighted by Crippen LogP contribution is 2.35. The Hall–Kier alpha value is -3.53. The molecule has 32 heavy (non-hydrogen) atoms. The Labute approximate surface area is 180 Å². The van der Waals surface area contributed by atoms with E-state index in [-0.39, 0.29) is 11.1 Å². The molecule has 10 heteroatoms. The number of nitrogens with zero attached hydrogens (tertiary/aromatic N) is 2. The summed E-state index contributed by atoms with van der Waals surface area (Å²) in [6.07, 6.45) is 1.56. The summed E-state index contributed by atoms with van der Waals surface area (Å²) in [5, 5.41) is 6.94. The molecule has 0 spiro atoms. The van der Waals surface area contributed by atoms with E-state index in [0.717, 1.165) is 30.0 Å². The average Bonchev–Trinajstić information content (AvgIpc) is 3.23. The molecule has 2 heterocycles. The molecule has 2 aromatic carbocycles. The van der Waals surface area contributed by atoms with Crippen molar-refractivity contribution < 1.29 is 26.0 Å². The van der Waals surface area contributed by atoms with Crippen LogP contribution < -0.4 is 0 Å². The van der Waals surface area contributed by atoms with Crippen LogP contribution in [0.1, 0.15) is 5.69 Å². The minimum Gasteiger partial charge on any atom is -0.276 e. The molecule has 0 bridgehead atoms. The fourth-order valence-electron chi connectivity index (χ4n) is 3.24. The predicted molar refractivity (Wildman–Crippen MR) is 111 cm³/mol. The second kappa shape index (κ2) is 7.86. The van der Waals surface area contributed by atoms with Crippen molar-refractivity contribution in [2.75, 3.05) is 0 Å². The van der Waals surface area contributed by atoms with Gasteiger partial charge in [-0.15, -0.1) is 0 Å². The first kappa shape index (κ1) is 21.7. The van der Waals surface area contributed by atoms with Crippen LogP contribution in [-0.4, -0.2) is 29.1 Å². The maximum absolute atomic E-state index is 14.6. The third kappa shape index (κ3) is 3.89. The molecule has 5 nitrogen and oxygen atoms in total. The van der Waals surface area contributed by atoms with Gasteiger partial charge in [-0.25, -0.2) is 12.8 Å². The van der Waals surface area contributed by atoms with Gasteiger partial charge in [-0.2, -0.15) is 18.3 Å². The molecule has 1 N–H and O–H groups in total. The molecule has 0 saturated heterocycles. The van der Waals surface area contributed by atoms with Gasteiger partial charge in [0, 0.05) is 16.8 Å². The summed E-state index contributed by atoms with van der Waals surface area (Å²) in [5.74, 6) is -0.612. The van der Waals surface area contributed by atoms with Gasteiger partial charge in [0.25, 0.3) is 9.84 Å². The third-order valence-electron chi connectivity index (χ3n) is 4.84. The number of pyridine rings is 1. The molecule has 0 unspecified atom stereocenters. The zero-order valence-corrected chi connectivity index (χ0v) is 17.3. The summed E-state index contributed by atoms with van der Waals surface area (Å²) in [6.45, 7) is 1.85. The summed E-state index contributed by atoms with van der Waals surface area (Å²) in [5.41, 5.74) is -1.77. The quantitative estimate of drug-likeness (QED) is 0.405. The summed E-state index contributed by atoms with van der Waals surface area (Å²) in [6, 6.07) is 13.7. The van der Waals surface area contributed by atoms with Gasteiger partial charge >= 0.3 is 5.51 Å². The van der Waals surface area contributed by atoms with E-state index in [2.05, 4.69) is 15.2 Å². The smallest absolute Gasteiger partial charge is 0.276 e. The van der Waals surface area contributed by atoms with Crippen LogP contribution in [0.15, 0.2) is 71.8 Å². The van der Waals surface area contributed by atoms with Crippen LogP contribution in [0.4, 0.5) is 17.6 Å². The lowest BCUT2D eigenvalue weighted by molar-refractivity contribution is -0.0436. The summed E-state index contributed by atoms with van der Waals surface area (Å²) in [4.78, 5) is 3.55. The van der Waals surface area contributed by atoms with Crippen molar-refractivity contribution in [1.82, 2.24) is 15.2 Å². The number of hydrogen-bond donors (Lipinski definition) is 1. The van der Waals surface area contributed by atoms with Crippen molar-refractivity contribution in [3.63, 3.8) is 0 Å². The first-order valence-corrected chi connectivity index (χ1v) is 10.8. The zero-order chi connectivity index (χ0) is 23.1. The van der Waals surface area contributed by atoms with Gasteiger partial charge in [0.1, 0.15) is 5.82 Å². The summed E-state index contributed by atoms with van der Waals surface area (Å²) in [7, 11) is -5.48. The van der Waals surface area contributed by atoms with Crippen LogP contribution in [0.2, 0.25) is 0 Å². The van der Waals surface area contributed by atoms with E-state index in [1.54, 1.807) is 18.3 Å². The van der Waals surface area contributed by atoms with Crippen molar-refractivity contribution >= 4 is 9.84 Å². The second-order valence-electron chi connectivity index (χ2n) is 6.99. The molecular formula is C22H15F4N3O2S. The molecule has 0 atom stereocenters. The number of halogens is 4. The van der Waals surface area contributed by atoms with Crippen LogP contribution >= 0.6 is 0 Å². The number of sulfone groups is 1. The Kier molecular flexibility index (Phi) is 5.33. The van der Waals surface area contributed by atoms with E-state index in [0.29, 0.717) is 22.5 Å². The number of alkyl halides is 3. The molecule has 0 aliphatic heterocycles. The number of aryl methyl sites for hydroxylation is 1. The first-order chi connectivity index (χ1) is 15.1. The minimum absolute atomic E-state index is 0.0998. The highest BCUT2D eigenvalue weighted by atomic mass is 32.2. The predicted octanol–water partition coefficient (Wildman–Crippen LogP) is 5.55. The highest BCUT2D eigenvalue weighted by molar-refractivity contribution is 7.92. The lowest BCUT2D eigenvalue weighted by atomic mass is 9.98. The fourth-order valence-corrected chi connectivity index (χ4v) is 4.01. The van der Waals surface area contributed by atoms with Gasteiger partial charge in [-0.05, 0) is 54.4 Å². The van der Waals surface area contributed by atoms with Crippen molar-refractivity contribution in [2.45, 2.75) is 17.3 Å². The summed E-state index contributed by atoms with van der Waals surface area (Å²) < 4.78 is 76.0. The van der Waals surface area contributed by atoms with Crippen LogP contribution in [0.5, 0.6) is 0 Å². The molecule has 0 radical (unpaired) electrons. The van der Waals surface area contributed by atoms with Crippen LogP contribution in [0.25, 0.3) is 33.6 Å². The summed E-state index contributed by atoms with van der Waals surface area (Å²) >= 11 is 0. The molecule has 2 aromatic heterocycles. The normalized spacial score (nSPS) is 12.2. The number of benzene rings is 2. The molecular weight excluding hydrogens is 446 g/mol. The van der Waals surface area contributed by atoms with E-state index in [9.17, 15) is 26.0 Å². The average molecular weight is 461 g/mol. The lowest BCUT2D eigenvalue weighted by Gasteiger charge is -2.10. The molecule has 4 aromatic rings. The Morgan fingerprint density at radius 3 is 2.25 bits per heavy atom. The van der Waals surface area contributed by atoms with Gasteiger partial charge < -0.3 is 0 Å². The molecule has 0 aliphatic carbocycles. The fraction of sp³-hybridized carbons (Fsp3) is 0.0909. The standard InChI is InChI=1S/C22H15F4N3O2S/c1-13-3-2-4-20(28-13)21-18(12-27-29-21)15-7-10-19(23)17(11-15)14-5-8-16(9-6-14)32(30,31)22(24,25)26/h2-12H,1H3,(H,27,29). The highest BCUT2D eigenvalue weighted by Gasteiger charge is 2.46. The van der Waals surface area contributed by atoms with Crippen LogP contribution in [0.3, 0.4) is 0 Å². The minimum atomic E-state index is -5.48. The molecule has 0 saturated carbocycles. The Morgan fingerprint density at radius 1 is 0.906 bits per heavy atom. The lowest BCUT2D eigenvalue weighted by Crippen LogP contribution is -2.23. The van der Waals surface area contributed by atoms with Crippen molar-refractivity contribution in [2.24, 2.45) is 0 Å². The maximum Gasteiger partial charge on any atom is 0.501 e. The van der Waals surface area contributed by atoms with E-state index < -0.39 is 26.1 Å². The Morgan fingerprint density at radius 2 is 1.59 bits per heavy atom. The molecule has 0 fully saturated rings. The number of hydrogen-bond acceptors (Lipinski definition) is 4. The Balaban J connectivity index is 1.75. The largest absolute Gasteiger partial charge is 0.501 e. The van der Waals surface area contributed by atoms with Crippen LogP contribution in [0, 0.1) is 12.7 Å².